The lowest BCUT2D eigenvalue weighted by Gasteiger charge is -2.32. The van der Waals surface area contributed by atoms with Crippen LogP contribution in [0, 0.1) is 5.92 Å². The quantitative estimate of drug-likeness (QED) is 0.775. The van der Waals surface area contributed by atoms with Crippen LogP contribution < -0.4 is 5.32 Å². The minimum Gasteiger partial charge on any atom is -0.377 e. The van der Waals surface area contributed by atoms with Gasteiger partial charge >= 0.3 is 0 Å². The molecule has 0 spiro atoms. The Morgan fingerprint density at radius 2 is 1.56 bits per heavy atom. The minimum atomic E-state index is 0.559. The second-order valence-electron chi connectivity index (χ2n) is 6.16. The summed E-state index contributed by atoms with van der Waals surface area (Å²) in [6, 6.07) is 0.609. The van der Waals surface area contributed by atoms with E-state index < -0.39 is 0 Å². The van der Waals surface area contributed by atoms with Crippen LogP contribution in [0.25, 0.3) is 0 Å². The van der Waals surface area contributed by atoms with Gasteiger partial charge in [0.2, 0.25) is 0 Å². The summed E-state index contributed by atoms with van der Waals surface area (Å²) in [5.74, 6) is 0.863. The average molecular weight is 253 g/mol. The second kappa shape index (κ2) is 8.16. The van der Waals surface area contributed by atoms with Gasteiger partial charge in [0.1, 0.15) is 0 Å². The van der Waals surface area contributed by atoms with Crippen molar-refractivity contribution in [2.45, 2.75) is 83.3 Å². The lowest BCUT2D eigenvalue weighted by molar-refractivity contribution is 0.00401. The zero-order valence-electron chi connectivity index (χ0n) is 12.1. The second-order valence-corrected chi connectivity index (χ2v) is 6.16. The molecule has 0 amide bonds. The molecule has 0 aromatic carbocycles. The standard InChI is InChI=1S/C16H31NO/c1-2-17-16(14-9-5-3-6-10-14)13-18-15-11-7-4-8-12-15/h14-17H,2-13H2,1H3. The molecule has 2 aliphatic rings. The van der Waals surface area contributed by atoms with E-state index in [0.29, 0.717) is 12.1 Å². The summed E-state index contributed by atoms with van der Waals surface area (Å²) < 4.78 is 6.19. The summed E-state index contributed by atoms with van der Waals surface area (Å²) >= 11 is 0. The third kappa shape index (κ3) is 4.55. The van der Waals surface area contributed by atoms with E-state index in [0.717, 1.165) is 19.1 Å². The number of ether oxygens (including phenoxy) is 1. The molecule has 0 aromatic rings. The van der Waals surface area contributed by atoms with Crippen LogP contribution in [-0.2, 0) is 4.74 Å². The first-order chi connectivity index (χ1) is 8.90. The van der Waals surface area contributed by atoms with Gasteiger partial charge in [-0.2, -0.15) is 0 Å². The van der Waals surface area contributed by atoms with Crippen molar-refractivity contribution in [1.82, 2.24) is 5.32 Å². The molecule has 2 aliphatic carbocycles. The molecule has 2 heteroatoms. The molecule has 1 atom stereocenters. The maximum absolute atomic E-state index is 6.19. The number of rotatable bonds is 6. The molecule has 106 valence electrons. The van der Waals surface area contributed by atoms with Crippen molar-refractivity contribution in [3.8, 4) is 0 Å². The molecule has 0 aliphatic heterocycles. The van der Waals surface area contributed by atoms with Gasteiger partial charge in [-0.1, -0.05) is 45.4 Å². The highest BCUT2D eigenvalue weighted by atomic mass is 16.5. The Balaban J connectivity index is 1.73. The highest BCUT2D eigenvalue weighted by Gasteiger charge is 2.24. The third-order valence-corrected chi connectivity index (χ3v) is 4.75. The van der Waals surface area contributed by atoms with Crippen LogP contribution in [-0.4, -0.2) is 25.3 Å². The van der Waals surface area contributed by atoms with Crippen LogP contribution in [0.2, 0.25) is 0 Å². The molecule has 0 bridgehead atoms. The largest absolute Gasteiger partial charge is 0.377 e. The first kappa shape index (κ1) is 14.3. The van der Waals surface area contributed by atoms with E-state index >= 15 is 0 Å². The molecular weight excluding hydrogens is 222 g/mol. The van der Waals surface area contributed by atoms with Gasteiger partial charge in [0.05, 0.1) is 12.7 Å². The van der Waals surface area contributed by atoms with E-state index in [2.05, 4.69) is 12.2 Å². The summed E-state index contributed by atoms with van der Waals surface area (Å²) in [5.41, 5.74) is 0. The van der Waals surface area contributed by atoms with E-state index in [1.807, 2.05) is 0 Å². The number of nitrogens with one attached hydrogen (secondary N) is 1. The van der Waals surface area contributed by atoms with Crippen molar-refractivity contribution in [3.05, 3.63) is 0 Å². The van der Waals surface area contributed by atoms with Crippen LogP contribution in [0.15, 0.2) is 0 Å². The monoisotopic (exact) mass is 253 g/mol. The van der Waals surface area contributed by atoms with Crippen LogP contribution >= 0.6 is 0 Å². The molecule has 0 aromatic heterocycles. The van der Waals surface area contributed by atoms with E-state index in [9.17, 15) is 0 Å². The average Bonchev–Trinajstić information content (AvgIpc) is 2.45. The van der Waals surface area contributed by atoms with Gasteiger partial charge in [-0.05, 0) is 38.1 Å². The van der Waals surface area contributed by atoms with Gasteiger partial charge in [0.15, 0.2) is 0 Å². The van der Waals surface area contributed by atoms with Gasteiger partial charge in [-0.3, -0.25) is 0 Å². The smallest absolute Gasteiger partial charge is 0.0626 e. The summed E-state index contributed by atoms with van der Waals surface area (Å²) in [6.07, 6.45) is 14.4. The van der Waals surface area contributed by atoms with Crippen LogP contribution in [0.1, 0.15) is 71.1 Å². The molecule has 2 rings (SSSR count). The van der Waals surface area contributed by atoms with Gasteiger partial charge in [0, 0.05) is 6.04 Å². The Morgan fingerprint density at radius 1 is 0.944 bits per heavy atom. The SMILES string of the molecule is CCNC(COC1CCCCC1)C1CCCCC1. The number of likely N-dealkylation sites (N-methyl/N-ethyl adjacent to an activating group) is 1. The molecule has 1 unspecified atom stereocenters. The molecule has 0 radical (unpaired) electrons. The van der Waals surface area contributed by atoms with E-state index in [-0.39, 0.29) is 0 Å². The Labute approximate surface area is 113 Å². The summed E-state index contributed by atoms with van der Waals surface area (Å²) in [6.45, 7) is 4.24. The van der Waals surface area contributed by atoms with Crippen LogP contribution in [0.4, 0.5) is 0 Å². The summed E-state index contributed by atoms with van der Waals surface area (Å²) in [4.78, 5) is 0. The van der Waals surface area contributed by atoms with Crippen molar-refractivity contribution < 1.29 is 4.74 Å². The van der Waals surface area contributed by atoms with E-state index in [1.54, 1.807) is 0 Å². The number of hydrogen-bond donors (Lipinski definition) is 1. The molecule has 2 fully saturated rings. The van der Waals surface area contributed by atoms with Gasteiger partial charge in [0.25, 0.3) is 0 Å². The maximum Gasteiger partial charge on any atom is 0.0626 e. The first-order valence-electron chi connectivity index (χ1n) is 8.25. The molecule has 2 nitrogen and oxygen atoms in total. The fraction of sp³-hybridized carbons (Fsp3) is 1.00. The molecule has 1 N–H and O–H groups in total. The third-order valence-electron chi connectivity index (χ3n) is 4.75. The van der Waals surface area contributed by atoms with Gasteiger partial charge < -0.3 is 10.1 Å². The summed E-state index contributed by atoms with van der Waals surface area (Å²) in [7, 11) is 0. The molecule has 2 saturated carbocycles. The van der Waals surface area contributed by atoms with Gasteiger partial charge in [-0.25, -0.2) is 0 Å². The first-order valence-corrected chi connectivity index (χ1v) is 8.25. The summed E-state index contributed by atoms with van der Waals surface area (Å²) in [5, 5.41) is 3.67. The predicted octanol–water partition coefficient (Wildman–Crippen LogP) is 3.89. The fourth-order valence-corrected chi connectivity index (χ4v) is 3.63. The Bertz CT molecular complexity index is 207. The lowest BCUT2D eigenvalue weighted by Crippen LogP contribution is -2.42. The lowest BCUT2D eigenvalue weighted by atomic mass is 9.84. The molecule has 18 heavy (non-hydrogen) atoms. The Kier molecular flexibility index (Phi) is 6.50. The Morgan fingerprint density at radius 3 is 2.17 bits per heavy atom. The predicted molar refractivity (Wildman–Crippen MR) is 76.9 cm³/mol. The number of hydrogen-bond acceptors (Lipinski definition) is 2. The van der Waals surface area contributed by atoms with Gasteiger partial charge in [-0.15, -0.1) is 0 Å². The Hall–Kier alpha value is -0.0800. The maximum atomic E-state index is 6.19. The molecule has 0 saturated heterocycles. The zero-order valence-corrected chi connectivity index (χ0v) is 12.1. The van der Waals surface area contributed by atoms with E-state index in [4.69, 9.17) is 4.74 Å². The van der Waals surface area contributed by atoms with Crippen molar-refractivity contribution >= 4 is 0 Å². The van der Waals surface area contributed by atoms with Crippen molar-refractivity contribution in [3.63, 3.8) is 0 Å². The van der Waals surface area contributed by atoms with Crippen LogP contribution in [0.3, 0.4) is 0 Å². The highest BCUT2D eigenvalue weighted by molar-refractivity contribution is 4.79. The fourth-order valence-electron chi connectivity index (χ4n) is 3.63. The van der Waals surface area contributed by atoms with Crippen molar-refractivity contribution in [2.75, 3.05) is 13.2 Å². The van der Waals surface area contributed by atoms with Crippen molar-refractivity contribution in [1.29, 1.82) is 0 Å². The highest BCUT2D eigenvalue weighted by Crippen LogP contribution is 2.27. The normalized spacial score (nSPS) is 25.2. The minimum absolute atomic E-state index is 0.559. The topological polar surface area (TPSA) is 21.3 Å². The van der Waals surface area contributed by atoms with E-state index in [1.165, 1.54) is 64.2 Å². The molecular formula is C16H31NO. The molecule has 0 heterocycles. The van der Waals surface area contributed by atoms with Crippen LogP contribution in [0.5, 0.6) is 0 Å². The zero-order chi connectivity index (χ0) is 12.6. The van der Waals surface area contributed by atoms with Crippen molar-refractivity contribution in [2.24, 2.45) is 5.92 Å².